The SMILES string of the molecule is Bc1c(C#N)c2ccc(OC(F)F)cc2n1C1CCC1. The number of hydrogen-bond donors (Lipinski definition) is 0. The number of hydrogen-bond acceptors (Lipinski definition) is 2. The number of nitriles is 1. The zero-order valence-corrected chi connectivity index (χ0v) is 11.1. The third-order valence-electron chi connectivity index (χ3n) is 4.00. The summed E-state index contributed by atoms with van der Waals surface area (Å²) in [5.41, 5.74) is 2.33. The maximum atomic E-state index is 12.3. The zero-order chi connectivity index (χ0) is 14.3. The Balaban J connectivity index is 2.18. The van der Waals surface area contributed by atoms with E-state index in [4.69, 9.17) is 0 Å². The first-order valence-corrected chi connectivity index (χ1v) is 6.61. The van der Waals surface area contributed by atoms with Crippen molar-refractivity contribution in [1.29, 1.82) is 5.26 Å². The van der Waals surface area contributed by atoms with Gasteiger partial charge >= 0.3 is 6.61 Å². The first kappa shape index (κ1) is 13.0. The molecule has 0 N–H and O–H groups in total. The van der Waals surface area contributed by atoms with Gasteiger partial charge in [-0.15, -0.1) is 0 Å². The summed E-state index contributed by atoms with van der Waals surface area (Å²) in [6.45, 7) is -2.84. The fraction of sp³-hybridized carbons (Fsp3) is 0.357. The van der Waals surface area contributed by atoms with Crippen LogP contribution in [0.3, 0.4) is 0 Å². The molecular weight excluding hydrogens is 261 g/mol. The Morgan fingerprint density at radius 2 is 2.15 bits per heavy atom. The van der Waals surface area contributed by atoms with Crippen LogP contribution in [0.5, 0.6) is 5.75 Å². The van der Waals surface area contributed by atoms with Crippen molar-refractivity contribution in [1.82, 2.24) is 4.57 Å². The molecule has 0 bridgehead atoms. The molecule has 1 aliphatic rings. The summed E-state index contributed by atoms with van der Waals surface area (Å²) in [6, 6.07) is 7.35. The lowest BCUT2D eigenvalue weighted by atomic mass is 9.90. The van der Waals surface area contributed by atoms with Gasteiger partial charge in [-0.2, -0.15) is 14.0 Å². The fourth-order valence-corrected chi connectivity index (χ4v) is 2.85. The molecule has 0 spiro atoms. The molecule has 20 heavy (non-hydrogen) atoms. The maximum absolute atomic E-state index is 12.3. The fourth-order valence-electron chi connectivity index (χ4n) is 2.85. The molecule has 102 valence electrons. The number of benzene rings is 1. The van der Waals surface area contributed by atoms with Crippen molar-refractivity contribution in [3.63, 3.8) is 0 Å². The normalized spacial score (nSPS) is 15.3. The molecule has 1 aromatic carbocycles. The maximum Gasteiger partial charge on any atom is 0.387 e. The number of fused-ring (bicyclic) bond motifs is 1. The van der Waals surface area contributed by atoms with E-state index in [2.05, 4.69) is 15.4 Å². The Morgan fingerprint density at radius 1 is 1.40 bits per heavy atom. The van der Waals surface area contributed by atoms with E-state index in [1.54, 1.807) is 12.1 Å². The van der Waals surface area contributed by atoms with Crippen molar-refractivity contribution < 1.29 is 13.5 Å². The molecule has 3 nitrogen and oxygen atoms in total. The number of alkyl halides is 2. The van der Waals surface area contributed by atoms with Crippen LogP contribution in [0.4, 0.5) is 8.78 Å². The lowest BCUT2D eigenvalue weighted by Crippen LogP contribution is -2.27. The highest BCUT2D eigenvalue weighted by Gasteiger charge is 2.25. The minimum atomic E-state index is -2.84. The van der Waals surface area contributed by atoms with Gasteiger partial charge in [-0.05, 0) is 37.0 Å². The minimum absolute atomic E-state index is 0.134. The summed E-state index contributed by atoms with van der Waals surface area (Å²) in [5, 5.41) is 10.1. The second kappa shape index (κ2) is 4.82. The average Bonchev–Trinajstić information content (AvgIpc) is 2.60. The number of halogens is 2. The van der Waals surface area contributed by atoms with Gasteiger partial charge in [0, 0.05) is 17.5 Å². The molecule has 0 unspecified atom stereocenters. The highest BCUT2D eigenvalue weighted by atomic mass is 19.3. The van der Waals surface area contributed by atoms with Gasteiger partial charge in [0.05, 0.1) is 11.1 Å². The topological polar surface area (TPSA) is 37.9 Å². The summed E-state index contributed by atoms with van der Waals surface area (Å²) in [6.07, 6.45) is 3.30. The standard InChI is InChI=1S/C14H13BF2N2O/c15-13-11(7-18)10-5-4-9(20-14(16)17)6-12(10)19(13)8-2-1-3-8/h4-6,8,14H,1-3,15H2. The predicted molar refractivity (Wildman–Crippen MR) is 74.4 cm³/mol. The van der Waals surface area contributed by atoms with Crippen molar-refractivity contribution >= 4 is 24.3 Å². The Bertz CT molecular complexity index is 701. The zero-order valence-electron chi connectivity index (χ0n) is 11.1. The first-order valence-electron chi connectivity index (χ1n) is 6.61. The Labute approximate surface area is 116 Å². The molecule has 1 saturated carbocycles. The van der Waals surface area contributed by atoms with Crippen LogP contribution in [0.15, 0.2) is 18.2 Å². The molecular formula is C14H13BF2N2O. The van der Waals surface area contributed by atoms with Crippen molar-refractivity contribution in [2.24, 2.45) is 0 Å². The van der Waals surface area contributed by atoms with E-state index in [0.717, 1.165) is 29.3 Å². The molecule has 3 rings (SSSR count). The van der Waals surface area contributed by atoms with Crippen LogP contribution < -0.4 is 10.3 Å². The number of nitrogens with zero attached hydrogens (tertiary/aromatic N) is 2. The van der Waals surface area contributed by atoms with Gasteiger partial charge in [0.2, 0.25) is 0 Å². The van der Waals surface area contributed by atoms with Crippen LogP contribution in [-0.4, -0.2) is 19.0 Å². The average molecular weight is 274 g/mol. The monoisotopic (exact) mass is 274 g/mol. The van der Waals surface area contributed by atoms with Gasteiger partial charge in [-0.3, -0.25) is 0 Å². The number of ether oxygens (including phenoxy) is 1. The largest absolute Gasteiger partial charge is 0.435 e. The van der Waals surface area contributed by atoms with Gasteiger partial charge in [-0.25, -0.2) is 0 Å². The summed E-state index contributed by atoms with van der Waals surface area (Å²) < 4.78 is 31.2. The molecule has 0 saturated heterocycles. The van der Waals surface area contributed by atoms with Gasteiger partial charge in [0.15, 0.2) is 7.85 Å². The summed E-state index contributed by atoms with van der Waals surface area (Å²) >= 11 is 0. The van der Waals surface area contributed by atoms with Crippen LogP contribution in [0.2, 0.25) is 0 Å². The predicted octanol–water partition coefficient (Wildman–Crippen LogP) is 2.10. The van der Waals surface area contributed by atoms with Crippen LogP contribution in [0.1, 0.15) is 30.9 Å². The van der Waals surface area contributed by atoms with Gasteiger partial charge in [0.1, 0.15) is 11.8 Å². The van der Waals surface area contributed by atoms with E-state index in [0.29, 0.717) is 11.6 Å². The second-order valence-corrected chi connectivity index (χ2v) is 5.08. The van der Waals surface area contributed by atoms with E-state index in [9.17, 15) is 14.0 Å². The molecule has 0 radical (unpaired) electrons. The number of rotatable bonds is 3. The highest BCUT2D eigenvalue weighted by molar-refractivity contribution is 6.34. The lowest BCUT2D eigenvalue weighted by molar-refractivity contribution is -0.0497. The molecule has 0 atom stereocenters. The highest BCUT2D eigenvalue weighted by Crippen LogP contribution is 2.36. The third kappa shape index (κ3) is 1.94. The van der Waals surface area contributed by atoms with Gasteiger partial charge in [0.25, 0.3) is 0 Å². The molecule has 1 aliphatic carbocycles. The molecule has 1 heterocycles. The molecule has 0 amide bonds. The second-order valence-electron chi connectivity index (χ2n) is 5.08. The van der Waals surface area contributed by atoms with E-state index >= 15 is 0 Å². The van der Waals surface area contributed by atoms with Crippen molar-refractivity contribution in [3.8, 4) is 11.8 Å². The van der Waals surface area contributed by atoms with E-state index < -0.39 is 6.61 Å². The molecule has 0 aliphatic heterocycles. The summed E-state index contributed by atoms with van der Waals surface area (Å²) in [7, 11) is 1.91. The third-order valence-corrected chi connectivity index (χ3v) is 4.00. The van der Waals surface area contributed by atoms with Crippen LogP contribution in [0, 0.1) is 11.3 Å². The Morgan fingerprint density at radius 3 is 2.70 bits per heavy atom. The van der Waals surface area contributed by atoms with Crippen LogP contribution in [-0.2, 0) is 0 Å². The first-order chi connectivity index (χ1) is 9.61. The number of aromatic nitrogens is 1. The van der Waals surface area contributed by atoms with E-state index in [1.807, 2.05) is 7.85 Å². The van der Waals surface area contributed by atoms with Crippen LogP contribution >= 0.6 is 0 Å². The Kier molecular flexibility index (Phi) is 3.13. The molecule has 6 heteroatoms. The summed E-state index contributed by atoms with van der Waals surface area (Å²) in [5.74, 6) is 0.134. The van der Waals surface area contributed by atoms with E-state index in [1.165, 1.54) is 12.5 Å². The summed E-state index contributed by atoms with van der Waals surface area (Å²) in [4.78, 5) is 0. The lowest BCUT2D eigenvalue weighted by Gasteiger charge is -2.29. The van der Waals surface area contributed by atoms with Gasteiger partial charge < -0.3 is 9.30 Å². The molecule has 1 aromatic heterocycles. The smallest absolute Gasteiger partial charge is 0.387 e. The van der Waals surface area contributed by atoms with Crippen LogP contribution in [0.25, 0.3) is 10.9 Å². The quantitative estimate of drug-likeness (QED) is 0.804. The van der Waals surface area contributed by atoms with Crippen molar-refractivity contribution in [2.75, 3.05) is 0 Å². The minimum Gasteiger partial charge on any atom is -0.435 e. The van der Waals surface area contributed by atoms with Crippen molar-refractivity contribution in [3.05, 3.63) is 23.8 Å². The molecule has 1 fully saturated rings. The Hall–Kier alpha value is -2.03. The van der Waals surface area contributed by atoms with E-state index in [-0.39, 0.29) is 5.75 Å². The van der Waals surface area contributed by atoms with Gasteiger partial charge in [-0.1, -0.05) is 0 Å². The van der Waals surface area contributed by atoms with Crippen molar-refractivity contribution in [2.45, 2.75) is 31.9 Å². The molecule has 2 aromatic rings.